The molecule has 0 bridgehead atoms. The summed E-state index contributed by atoms with van der Waals surface area (Å²) in [5.74, 6) is 1.78. The van der Waals surface area contributed by atoms with Crippen LogP contribution >= 0.6 is 11.6 Å². The van der Waals surface area contributed by atoms with Crippen LogP contribution < -0.4 is 10.6 Å². The van der Waals surface area contributed by atoms with Crippen molar-refractivity contribution < 1.29 is 0 Å². The summed E-state index contributed by atoms with van der Waals surface area (Å²) in [7, 11) is 1.77. The van der Waals surface area contributed by atoms with E-state index < -0.39 is 0 Å². The first kappa shape index (κ1) is 17.3. The monoisotopic (exact) mass is 355 g/mol. The summed E-state index contributed by atoms with van der Waals surface area (Å²) in [6, 6.07) is 15.9. The standard InChI is InChI=1S/C19H22ClN5/c1-21-19(23-13-14-7-2-3-8-15(14)20)22-12-6-11-18-24-16-9-4-5-10-17(16)25-18/h2-5,7-10H,6,11-13H2,1H3,(H,24,25)(H2,21,22,23). The van der Waals surface area contributed by atoms with Gasteiger partial charge in [-0.2, -0.15) is 0 Å². The summed E-state index contributed by atoms with van der Waals surface area (Å²) in [5.41, 5.74) is 3.15. The highest BCUT2D eigenvalue weighted by molar-refractivity contribution is 6.31. The minimum Gasteiger partial charge on any atom is -0.356 e. The zero-order chi connectivity index (χ0) is 17.5. The van der Waals surface area contributed by atoms with Gasteiger partial charge in [-0.25, -0.2) is 4.98 Å². The van der Waals surface area contributed by atoms with Crippen molar-refractivity contribution in [3.8, 4) is 0 Å². The Hall–Kier alpha value is -2.53. The molecular weight excluding hydrogens is 334 g/mol. The summed E-state index contributed by atoms with van der Waals surface area (Å²) >= 11 is 6.17. The van der Waals surface area contributed by atoms with Crippen LogP contribution in [0.25, 0.3) is 11.0 Å². The molecule has 0 fully saturated rings. The van der Waals surface area contributed by atoms with Crippen molar-refractivity contribution >= 4 is 28.6 Å². The van der Waals surface area contributed by atoms with Crippen molar-refractivity contribution in [1.82, 2.24) is 20.6 Å². The largest absolute Gasteiger partial charge is 0.356 e. The molecule has 3 rings (SSSR count). The maximum Gasteiger partial charge on any atom is 0.191 e. The molecule has 6 heteroatoms. The van der Waals surface area contributed by atoms with Crippen molar-refractivity contribution in [2.45, 2.75) is 19.4 Å². The highest BCUT2D eigenvalue weighted by Crippen LogP contribution is 2.14. The lowest BCUT2D eigenvalue weighted by molar-refractivity contribution is 0.726. The highest BCUT2D eigenvalue weighted by atomic mass is 35.5. The fourth-order valence-electron chi connectivity index (χ4n) is 2.63. The topological polar surface area (TPSA) is 65.1 Å². The minimum atomic E-state index is 0.642. The number of aromatic nitrogens is 2. The molecule has 130 valence electrons. The van der Waals surface area contributed by atoms with Gasteiger partial charge in [0.2, 0.25) is 0 Å². The van der Waals surface area contributed by atoms with Crippen LogP contribution in [0.2, 0.25) is 5.02 Å². The van der Waals surface area contributed by atoms with Crippen molar-refractivity contribution in [1.29, 1.82) is 0 Å². The van der Waals surface area contributed by atoms with Crippen LogP contribution in [0.5, 0.6) is 0 Å². The van der Waals surface area contributed by atoms with E-state index in [9.17, 15) is 0 Å². The van der Waals surface area contributed by atoms with E-state index in [4.69, 9.17) is 11.6 Å². The molecule has 0 saturated heterocycles. The Labute approximate surface area is 152 Å². The zero-order valence-corrected chi connectivity index (χ0v) is 15.0. The van der Waals surface area contributed by atoms with Crippen LogP contribution in [-0.4, -0.2) is 29.5 Å². The van der Waals surface area contributed by atoms with Gasteiger partial charge in [-0.1, -0.05) is 41.9 Å². The smallest absolute Gasteiger partial charge is 0.191 e. The Morgan fingerprint density at radius 3 is 2.72 bits per heavy atom. The molecule has 0 aliphatic rings. The van der Waals surface area contributed by atoms with Crippen molar-refractivity contribution in [2.75, 3.05) is 13.6 Å². The van der Waals surface area contributed by atoms with Crippen molar-refractivity contribution in [3.63, 3.8) is 0 Å². The number of imidazole rings is 1. The van der Waals surface area contributed by atoms with Gasteiger partial charge >= 0.3 is 0 Å². The molecule has 3 N–H and O–H groups in total. The Kier molecular flexibility index (Phi) is 5.90. The van der Waals surface area contributed by atoms with Crippen molar-refractivity contribution in [2.24, 2.45) is 4.99 Å². The number of aryl methyl sites for hydroxylation is 1. The van der Waals surface area contributed by atoms with E-state index in [1.54, 1.807) is 7.05 Å². The fraction of sp³-hybridized carbons (Fsp3) is 0.263. The first-order chi connectivity index (χ1) is 12.3. The number of nitrogens with zero attached hydrogens (tertiary/aromatic N) is 2. The molecule has 0 spiro atoms. The average molecular weight is 356 g/mol. The first-order valence-electron chi connectivity index (χ1n) is 8.38. The third-order valence-electron chi connectivity index (χ3n) is 3.95. The van der Waals surface area contributed by atoms with E-state index in [0.717, 1.165) is 52.8 Å². The second-order valence-electron chi connectivity index (χ2n) is 5.75. The molecule has 0 aliphatic heterocycles. The number of hydrogen-bond donors (Lipinski definition) is 3. The first-order valence-corrected chi connectivity index (χ1v) is 8.75. The quantitative estimate of drug-likeness (QED) is 0.360. The van der Waals surface area contributed by atoms with Crippen LogP contribution in [0, 0.1) is 0 Å². The summed E-state index contributed by atoms with van der Waals surface area (Å²) in [5, 5.41) is 7.35. The molecule has 3 aromatic rings. The van der Waals surface area contributed by atoms with Crippen LogP contribution in [0.4, 0.5) is 0 Å². The second-order valence-corrected chi connectivity index (χ2v) is 6.16. The number of H-pyrrole nitrogens is 1. The summed E-state index contributed by atoms with van der Waals surface area (Å²) < 4.78 is 0. The number of para-hydroxylation sites is 2. The van der Waals surface area contributed by atoms with Gasteiger partial charge in [-0.05, 0) is 30.2 Å². The molecule has 5 nitrogen and oxygen atoms in total. The lowest BCUT2D eigenvalue weighted by Crippen LogP contribution is -2.37. The molecule has 0 aliphatic carbocycles. The van der Waals surface area contributed by atoms with Crippen LogP contribution in [0.15, 0.2) is 53.5 Å². The SMILES string of the molecule is CN=C(NCCCc1nc2ccccc2[nH]1)NCc1ccccc1Cl. The zero-order valence-electron chi connectivity index (χ0n) is 14.2. The van der Waals surface area contributed by atoms with Crippen LogP contribution in [-0.2, 0) is 13.0 Å². The number of halogens is 1. The van der Waals surface area contributed by atoms with Gasteiger partial charge in [-0.15, -0.1) is 0 Å². The molecule has 0 unspecified atom stereocenters. The van der Waals surface area contributed by atoms with Gasteiger partial charge in [0, 0.05) is 31.6 Å². The Balaban J connectivity index is 1.43. The average Bonchev–Trinajstić information content (AvgIpc) is 3.05. The van der Waals surface area contributed by atoms with E-state index in [-0.39, 0.29) is 0 Å². The van der Waals surface area contributed by atoms with Crippen LogP contribution in [0.3, 0.4) is 0 Å². The maximum atomic E-state index is 6.17. The highest BCUT2D eigenvalue weighted by Gasteiger charge is 2.03. The van der Waals surface area contributed by atoms with E-state index in [2.05, 4.69) is 25.6 Å². The van der Waals surface area contributed by atoms with Gasteiger partial charge in [0.1, 0.15) is 5.82 Å². The minimum absolute atomic E-state index is 0.642. The number of aliphatic imine (C=N–C) groups is 1. The van der Waals surface area contributed by atoms with E-state index >= 15 is 0 Å². The second kappa shape index (κ2) is 8.53. The number of aromatic amines is 1. The number of benzene rings is 2. The third kappa shape index (κ3) is 4.73. The summed E-state index contributed by atoms with van der Waals surface area (Å²) in [4.78, 5) is 12.2. The number of rotatable bonds is 6. The molecule has 0 amide bonds. The predicted octanol–water partition coefficient (Wildman–Crippen LogP) is 3.51. The normalized spacial score (nSPS) is 11.7. The Bertz CT molecular complexity index is 823. The van der Waals surface area contributed by atoms with Gasteiger partial charge in [0.15, 0.2) is 5.96 Å². The molecule has 25 heavy (non-hydrogen) atoms. The number of hydrogen-bond acceptors (Lipinski definition) is 2. The maximum absolute atomic E-state index is 6.17. The lowest BCUT2D eigenvalue weighted by atomic mass is 10.2. The van der Waals surface area contributed by atoms with Crippen molar-refractivity contribution in [3.05, 3.63) is 64.9 Å². The number of fused-ring (bicyclic) bond motifs is 1. The lowest BCUT2D eigenvalue weighted by Gasteiger charge is -2.12. The molecule has 1 heterocycles. The van der Waals surface area contributed by atoms with Crippen LogP contribution in [0.1, 0.15) is 17.8 Å². The summed E-state index contributed by atoms with van der Waals surface area (Å²) in [6.07, 6.45) is 1.86. The molecule has 1 aromatic heterocycles. The number of nitrogens with one attached hydrogen (secondary N) is 3. The van der Waals surface area contributed by atoms with Gasteiger partial charge < -0.3 is 15.6 Å². The summed E-state index contributed by atoms with van der Waals surface area (Å²) in [6.45, 7) is 1.46. The van der Waals surface area contributed by atoms with E-state index in [0.29, 0.717) is 6.54 Å². The van der Waals surface area contributed by atoms with E-state index in [1.807, 2.05) is 48.5 Å². The van der Waals surface area contributed by atoms with Gasteiger partial charge in [0.05, 0.1) is 11.0 Å². The molecule has 0 radical (unpaired) electrons. The van der Waals surface area contributed by atoms with E-state index in [1.165, 1.54) is 0 Å². The molecule has 0 atom stereocenters. The molecule has 0 saturated carbocycles. The third-order valence-corrected chi connectivity index (χ3v) is 4.32. The number of guanidine groups is 1. The fourth-order valence-corrected chi connectivity index (χ4v) is 2.83. The molecule has 2 aromatic carbocycles. The van der Waals surface area contributed by atoms with Gasteiger partial charge in [0.25, 0.3) is 0 Å². The predicted molar refractivity (Wildman–Crippen MR) is 104 cm³/mol. The molecular formula is C19H22ClN5. The Morgan fingerprint density at radius 1 is 1.12 bits per heavy atom. The van der Waals surface area contributed by atoms with Gasteiger partial charge in [-0.3, -0.25) is 4.99 Å². The Morgan fingerprint density at radius 2 is 1.92 bits per heavy atom.